The molecule has 0 saturated carbocycles. The minimum Gasteiger partial charge on any atom is -0.359 e. The number of amides is 1. The van der Waals surface area contributed by atoms with Crippen LogP contribution in [0.5, 0.6) is 0 Å². The van der Waals surface area contributed by atoms with Gasteiger partial charge in [0.15, 0.2) is 0 Å². The van der Waals surface area contributed by atoms with Crippen molar-refractivity contribution in [3.8, 4) is 0 Å². The number of nitrogens with zero attached hydrogens (tertiary/aromatic N) is 1. The maximum atomic E-state index is 12.8. The molecular formula is C16H24N2O3S. The molecule has 1 amide bonds. The fourth-order valence-corrected chi connectivity index (χ4v) is 4.62. The average Bonchev–Trinajstić information content (AvgIpc) is 2.54. The van der Waals surface area contributed by atoms with Gasteiger partial charge in [0.2, 0.25) is 15.9 Å². The number of aryl methyl sites for hydroxylation is 1. The van der Waals surface area contributed by atoms with Crippen molar-refractivity contribution in [3.05, 3.63) is 29.8 Å². The number of nitrogens with one attached hydrogen (secondary N) is 1. The molecule has 6 heteroatoms. The standard InChI is InChI=1S/C16H24N2O3S/c1-4-16(15(19)17-3)10-5-11-18(12-16)22(20,21)14-8-6-13(2)7-9-14/h6-9H,4-5,10-12H2,1-3H3,(H,17,19). The molecule has 0 aliphatic carbocycles. The van der Waals surface area contributed by atoms with Crippen molar-refractivity contribution >= 4 is 15.9 Å². The van der Waals surface area contributed by atoms with Crippen molar-refractivity contribution in [3.63, 3.8) is 0 Å². The Kier molecular flexibility index (Phi) is 4.92. The maximum Gasteiger partial charge on any atom is 0.243 e. The number of carbonyl (C=O) groups is 1. The second kappa shape index (κ2) is 6.38. The molecule has 1 aromatic carbocycles. The molecule has 0 radical (unpaired) electrons. The van der Waals surface area contributed by atoms with Gasteiger partial charge in [0.1, 0.15) is 0 Å². The van der Waals surface area contributed by atoms with E-state index in [2.05, 4.69) is 5.32 Å². The van der Waals surface area contributed by atoms with Crippen molar-refractivity contribution in [1.29, 1.82) is 0 Å². The van der Waals surface area contributed by atoms with Gasteiger partial charge in [-0.3, -0.25) is 4.79 Å². The summed E-state index contributed by atoms with van der Waals surface area (Å²) in [5, 5.41) is 2.69. The van der Waals surface area contributed by atoms with Gasteiger partial charge in [-0.2, -0.15) is 4.31 Å². The molecule has 1 aliphatic heterocycles. The molecule has 1 aliphatic rings. The minimum atomic E-state index is -3.55. The Balaban J connectivity index is 2.31. The highest BCUT2D eigenvalue weighted by Gasteiger charge is 2.43. The van der Waals surface area contributed by atoms with Crippen LogP contribution in [0.15, 0.2) is 29.2 Å². The first kappa shape index (κ1) is 17.0. The van der Waals surface area contributed by atoms with Crippen LogP contribution >= 0.6 is 0 Å². The zero-order valence-corrected chi connectivity index (χ0v) is 14.2. The average molecular weight is 324 g/mol. The van der Waals surface area contributed by atoms with Crippen molar-refractivity contribution in [2.75, 3.05) is 20.1 Å². The molecule has 1 heterocycles. The largest absolute Gasteiger partial charge is 0.359 e. The number of benzene rings is 1. The Labute approximate surface area is 132 Å². The Morgan fingerprint density at radius 2 is 1.95 bits per heavy atom. The highest BCUT2D eigenvalue weighted by atomic mass is 32.2. The van der Waals surface area contributed by atoms with Gasteiger partial charge in [0.05, 0.1) is 10.3 Å². The lowest BCUT2D eigenvalue weighted by Crippen LogP contribution is -2.52. The lowest BCUT2D eigenvalue weighted by atomic mass is 9.77. The first-order valence-corrected chi connectivity index (χ1v) is 9.09. The summed E-state index contributed by atoms with van der Waals surface area (Å²) in [4.78, 5) is 12.5. The summed E-state index contributed by atoms with van der Waals surface area (Å²) in [5.41, 5.74) is 0.399. The van der Waals surface area contributed by atoms with Gasteiger partial charge in [0.25, 0.3) is 0 Å². The van der Waals surface area contributed by atoms with E-state index in [0.29, 0.717) is 24.3 Å². The number of sulfonamides is 1. The number of hydrogen-bond donors (Lipinski definition) is 1. The van der Waals surface area contributed by atoms with E-state index in [1.165, 1.54) is 4.31 Å². The summed E-state index contributed by atoms with van der Waals surface area (Å²) >= 11 is 0. The van der Waals surface area contributed by atoms with Gasteiger partial charge in [-0.25, -0.2) is 8.42 Å². The molecule has 122 valence electrons. The lowest BCUT2D eigenvalue weighted by molar-refractivity contribution is -0.133. The van der Waals surface area contributed by atoms with Crippen LogP contribution in [-0.4, -0.2) is 38.8 Å². The summed E-state index contributed by atoms with van der Waals surface area (Å²) in [6.45, 7) is 4.58. The fourth-order valence-electron chi connectivity index (χ4n) is 3.05. The Bertz CT molecular complexity index is 640. The van der Waals surface area contributed by atoms with Crippen LogP contribution in [0.3, 0.4) is 0 Å². The third-order valence-corrected chi connectivity index (χ3v) is 6.45. The first-order valence-electron chi connectivity index (χ1n) is 7.65. The van der Waals surface area contributed by atoms with Crippen LogP contribution in [0, 0.1) is 12.3 Å². The van der Waals surface area contributed by atoms with Crippen molar-refractivity contribution in [1.82, 2.24) is 9.62 Å². The van der Waals surface area contributed by atoms with Crippen molar-refractivity contribution in [2.24, 2.45) is 5.41 Å². The van der Waals surface area contributed by atoms with Crippen LogP contribution in [0.25, 0.3) is 0 Å². The highest BCUT2D eigenvalue weighted by molar-refractivity contribution is 7.89. The van der Waals surface area contributed by atoms with Crippen LogP contribution in [0.1, 0.15) is 31.7 Å². The summed E-state index contributed by atoms with van der Waals surface area (Å²) in [6, 6.07) is 6.85. The van der Waals surface area contributed by atoms with E-state index in [1.807, 2.05) is 13.8 Å². The van der Waals surface area contributed by atoms with Crippen LogP contribution in [0.4, 0.5) is 0 Å². The lowest BCUT2D eigenvalue weighted by Gasteiger charge is -2.40. The second-order valence-electron chi connectivity index (χ2n) is 5.97. The molecule has 0 bridgehead atoms. The predicted molar refractivity (Wildman–Crippen MR) is 86.0 cm³/mol. The molecule has 5 nitrogen and oxygen atoms in total. The third-order valence-electron chi connectivity index (χ3n) is 4.59. The van der Waals surface area contributed by atoms with E-state index in [9.17, 15) is 13.2 Å². The summed E-state index contributed by atoms with van der Waals surface area (Å²) in [7, 11) is -1.94. The quantitative estimate of drug-likeness (QED) is 0.920. The highest BCUT2D eigenvalue weighted by Crippen LogP contribution is 2.36. The summed E-state index contributed by atoms with van der Waals surface area (Å²) in [5.74, 6) is -0.0705. The molecule has 1 aromatic rings. The van der Waals surface area contributed by atoms with Gasteiger partial charge in [-0.15, -0.1) is 0 Å². The molecule has 1 N–H and O–H groups in total. The molecule has 1 atom stereocenters. The van der Waals surface area contributed by atoms with Gasteiger partial charge in [-0.05, 0) is 38.3 Å². The number of rotatable bonds is 4. The summed E-state index contributed by atoms with van der Waals surface area (Å²) < 4.78 is 27.1. The normalized spacial score (nSPS) is 23.2. The van der Waals surface area contributed by atoms with Crippen LogP contribution < -0.4 is 5.32 Å². The van der Waals surface area contributed by atoms with Crippen LogP contribution in [-0.2, 0) is 14.8 Å². The third kappa shape index (κ3) is 3.03. The number of piperidine rings is 1. The zero-order valence-electron chi connectivity index (χ0n) is 13.4. The molecule has 0 aromatic heterocycles. The molecule has 1 saturated heterocycles. The minimum absolute atomic E-state index is 0.0705. The van der Waals surface area contributed by atoms with Gasteiger partial charge in [0, 0.05) is 20.1 Å². The molecule has 1 unspecified atom stereocenters. The Hall–Kier alpha value is -1.40. The van der Waals surface area contributed by atoms with E-state index in [1.54, 1.807) is 31.3 Å². The number of carbonyl (C=O) groups excluding carboxylic acids is 1. The van der Waals surface area contributed by atoms with E-state index in [-0.39, 0.29) is 12.5 Å². The van der Waals surface area contributed by atoms with E-state index < -0.39 is 15.4 Å². The molecule has 2 rings (SSSR count). The van der Waals surface area contributed by atoms with E-state index >= 15 is 0 Å². The molecule has 0 spiro atoms. The van der Waals surface area contributed by atoms with Crippen LogP contribution in [0.2, 0.25) is 0 Å². The van der Waals surface area contributed by atoms with Crippen molar-refractivity contribution < 1.29 is 13.2 Å². The predicted octanol–water partition coefficient (Wildman–Crippen LogP) is 1.92. The second-order valence-corrected chi connectivity index (χ2v) is 7.91. The fraction of sp³-hybridized carbons (Fsp3) is 0.562. The molecule has 22 heavy (non-hydrogen) atoms. The van der Waals surface area contributed by atoms with Gasteiger partial charge >= 0.3 is 0 Å². The van der Waals surface area contributed by atoms with E-state index in [0.717, 1.165) is 12.0 Å². The van der Waals surface area contributed by atoms with Crippen molar-refractivity contribution in [2.45, 2.75) is 38.0 Å². The molecule has 1 fully saturated rings. The number of hydrogen-bond acceptors (Lipinski definition) is 3. The zero-order chi connectivity index (χ0) is 16.4. The van der Waals surface area contributed by atoms with Gasteiger partial charge < -0.3 is 5.32 Å². The Morgan fingerprint density at radius 3 is 2.50 bits per heavy atom. The van der Waals surface area contributed by atoms with Gasteiger partial charge in [-0.1, -0.05) is 24.6 Å². The monoisotopic (exact) mass is 324 g/mol. The SMILES string of the molecule is CCC1(C(=O)NC)CCCN(S(=O)(=O)c2ccc(C)cc2)C1. The maximum absolute atomic E-state index is 12.8. The Morgan fingerprint density at radius 1 is 1.32 bits per heavy atom. The first-order chi connectivity index (χ1) is 10.4. The smallest absolute Gasteiger partial charge is 0.243 e. The van der Waals surface area contributed by atoms with E-state index in [4.69, 9.17) is 0 Å². The molecular weight excluding hydrogens is 300 g/mol. The topological polar surface area (TPSA) is 66.5 Å². The summed E-state index contributed by atoms with van der Waals surface area (Å²) in [6.07, 6.45) is 2.06.